The fourth-order valence-electron chi connectivity index (χ4n) is 8.85. The van der Waals surface area contributed by atoms with Gasteiger partial charge in [-0.05, 0) is 60.7 Å². The Labute approximate surface area is 327 Å². The third-order valence-corrected chi connectivity index (χ3v) is 11.3. The van der Waals surface area contributed by atoms with Crippen molar-refractivity contribution in [3.8, 4) is 45.3 Å². The van der Waals surface area contributed by atoms with Gasteiger partial charge in [-0.3, -0.25) is 0 Å². The van der Waals surface area contributed by atoms with E-state index in [9.17, 15) is 0 Å². The van der Waals surface area contributed by atoms with Crippen molar-refractivity contribution in [2.75, 3.05) is 0 Å². The van der Waals surface area contributed by atoms with Crippen LogP contribution in [-0.2, 0) is 0 Å². The van der Waals surface area contributed by atoms with Gasteiger partial charge in [-0.15, -0.1) is 0 Å². The maximum atomic E-state index is 7.19. The molecule has 12 rings (SSSR count). The molecule has 0 saturated carbocycles. The third-order valence-electron chi connectivity index (χ3n) is 11.3. The van der Waals surface area contributed by atoms with Crippen LogP contribution < -0.4 is 0 Å². The van der Waals surface area contributed by atoms with Crippen molar-refractivity contribution in [3.63, 3.8) is 0 Å². The first-order valence-electron chi connectivity index (χ1n) is 19.3. The van der Waals surface area contributed by atoms with E-state index in [0.717, 1.165) is 99.6 Å². The van der Waals surface area contributed by atoms with Gasteiger partial charge in [0.2, 0.25) is 0 Å². The van der Waals surface area contributed by atoms with E-state index in [1.807, 2.05) is 24.3 Å². The van der Waals surface area contributed by atoms with Gasteiger partial charge in [0.1, 0.15) is 11.2 Å². The fourth-order valence-corrected chi connectivity index (χ4v) is 8.85. The average Bonchev–Trinajstić information content (AvgIpc) is 3.95. The van der Waals surface area contributed by atoms with E-state index in [1.54, 1.807) is 0 Å². The standard InChI is InChI=1S/C52H32N4O/c1-4-16-33(17-5-1)41-32-42(54-52(53-41)34-18-6-2-7-19-34)38-22-10-13-25-43(38)56-45-27-15-12-24-40(45)49-47(56)31-29-37-36-28-30-46-48(50(36)57-51(37)49)39-23-11-14-26-44(39)55(46)35-20-8-3-9-21-35/h1-32H. The lowest BCUT2D eigenvalue weighted by Crippen LogP contribution is -2.00. The Morgan fingerprint density at radius 2 is 0.877 bits per heavy atom. The molecule has 0 spiro atoms. The summed E-state index contributed by atoms with van der Waals surface area (Å²) in [6, 6.07) is 68.1. The summed E-state index contributed by atoms with van der Waals surface area (Å²) in [6.07, 6.45) is 0. The highest BCUT2D eigenvalue weighted by atomic mass is 16.3. The summed E-state index contributed by atoms with van der Waals surface area (Å²) in [5.74, 6) is 0.688. The van der Waals surface area contributed by atoms with Crippen molar-refractivity contribution < 1.29 is 4.42 Å². The lowest BCUT2D eigenvalue weighted by molar-refractivity contribution is 0.677. The first-order chi connectivity index (χ1) is 28.3. The third kappa shape index (κ3) is 4.76. The van der Waals surface area contributed by atoms with Gasteiger partial charge in [-0.25, -0.2) is 9.97 Å². The smallest absolute Gasteiger partial charge is 0.160 e. The van der Waals surface area contributed by atoms with Gasteiger partial charge >= 0.3 is 0 Å². The molecule has 0 amide bonds. The van der Waals surface area contributed by atoms with Crippen LogP contribution in [0, 0.1) is 0 Å². The number of rotatable bonds is 5. The van der Waals surface area contributed by atoms with Crippen molar-refractivity contribution in [1.29, 1.82) is 0 Å². The minimum Gasteiger partial charge on any atom is -0.455 e. The molecule has 0 aliphatic carbocycles. The topological polar surface area (TPSA) is 48.8 Å². The molecule has 0 unspecified atom stereocenters. The van der Waals surface area contributed by atoms with Gasteiger partial charge in [-0.1, -0.05) is 133 Å². The van der Waals surface area contributed by atoms with Crippen molar-refractivity contribution in [3.05, 3.63) is 194 Å². The van der Waals surface area contributed by atoms with Gasteiger partial charge in [0.15, 0.2) is 5.82 Å². The number of furan rings is 1. The van der Waals surface area contributed by atoms with E-state index in [1.165, 1.54) is 5.39 Å². The second-order valence-electron chi connectivity index (χ2n) is 14.5. The number of aromatic nitrogens is 4. The van der Waals surface area contributed by atoms with Crippen LogP contribution in [0.4, 0.5) is 0 Å². The first-order valence-corrected chi connectivity index (χ1v) is 19.3. The largest absolute Gasteiger partial charge is 0.455 e. The Morgan fingerprint density at radius 1 is 0.368 bits per heavy atom. The van der Waals surface area contributed by atoms with Crippen LogP contribution in [0.25, 0.3) is 111 Å². The normalized spacial score (nSPS) is 11.9. The molecule has 5 heteroatoms. The van der Waals surface area contributed by atoms with Gasteiger partial charge in [0.05, 0.1) is 49.9 Å². The van der Waals surface area contributed by atoms with Crippen molar-refractivity contribution in [2.45, 2.75) is 0 Å². The fraction of sp³-hybridized carbons (Fsp3) is 0. The number of hydrogen-bond donors (Lipinski definition) is 0. The summed E-state index contributed by atoms with van der Waals surface area (Å²) < 4.78 is 11.9. The zero-order valence-electron chi connectivity index (χ0n) is 30.7. The summed E-state index contributed by atoms with van der Waals surface area (Å²) in [4.78, 5) is 10.3. The van der Waals surface area contributed by atoms with Crippen molar-refractivity contribution in [1.82, 2.24) is 19.1 Å². The molecule has 8 aromatic carbocycles. The quantitative estimate of drug-likeness (QED) is 0.177. The second-order valence-corrected chi connectivity index (χ2v) is 14.5. The zero-order valence-corrected chi connectivity index (χ0v) is 30.7. The molecule has 5 nitrogen and oxygen atoms in total. The summed E-state index contributed by atoms with van der Waals surface area (Å²) in [7, 11) is 0. The molecule has 0 aliphatic heterocycles. The van der Waals surface area contributed by atoms with Crippen molar-refractivity contribution >= 4 is 65.6 Å². The van der Waals surface area contributed by atoms with Crippen LogP contribution in [0.1, 0.15) is 0 Å². The van der Waals surface area contributed by atoms with Gasteiger partial charge in [-0.2, -0.15) is 0 Å². The van der Waals surface area contributed by atoms with E-state index in [0.29, 0.717) is 5.82 Å². The molecule has 57 heavy (non-hydrogen) atoms. The molecule has 0 fully saturated rings. The molecule has 0 aliphatic rings. The highest BCUT2D eigenvalue weighted by molar-refractivity contribution is 6.29. The molecular formula is C52H32N4O. The highest BCUT2D eigenvalue weighted by Gasteiger charge is 2.23. The van der Waals surface area contributed by atoms with Crippen LogP contribution >= 0.6 is 0 Å². The Hall–Kier alpha value is -7.76. The molecule has 12 aromatic rings. The minimum absolute atomic E-state index is 0.688. The van der Waals surface area contributed by atoms with Crippen LogP contribution in [0.15, 0.2) is 199 Å². The molecule has 4 heterocycles. The zero-order chi connectivity index (χ0) is 37.5. The molecule has 0 bridgehead atoms. The molecule has 4 aromatic heterocycles. The van der Waals surface area contributed by atoms with Crippen LogP contribution in [0.5, 0.6) is 0 Å². The van der Waals surface area contributed by atoms with Gasteiger partial charge in [0.25, 0.3) is 0 Å². The Kier molecular flexibility index (Phi) is 6.86. The number of fused-ring (bicyclic) bond motifs is 11. The molecule has 0 radical (unpaired) electrons. The SMILES string of the molecule is c1ccc(-c2cc(-c3ccccc3-n3c4ccccc4c4c5oc6c(ccc7c6c6ccccc6n7-c6ccccc6)c5ccc43)nc(-c3ccccc3)n2)cc1. The van der Waals surface area contributed by atoms with Crippen molar-refractivity contribution in [2.24, 2.45) is 0 Å². The van der Waals surface area contributed by atoms with Crippen LogP contribution in [-0.4, -0.2) is 19.1 Å². The monoisotopic (exact) mass is 728 g/mol. The van der Waals surface area contributed by atoms with Crippen LogP contribution in [0.3, 0.4) is 0 Å². The molecule has 0 atom stereocenters. The van der Waals surface area contributed by atoms with Gasteiger partial charge in [0, 0.05) is 43.9 Å². The van der Waals surface area contributed by atoms with E-state index in [-0.39, 0.29) is 0 Å². The highest BCUT2D eigenvalue weighted by Crippen LogP contribution is 2.45. The molecule has 266 valence electrons. The maximum absolute atomic E-state index is 7.19. The van der Waals surface area contributed by atoms with E-state index in [2.05, 4.69) is 179 Å². The Balaban J connectivity index is 1.13. The Bertz CT molecular complexity index is 3450. The summed E-state index contributed by atoms with van der Waals surface area (Å²) in [6.45, 7) is 0. The Morgan fingerprint density at radius 3 is 1.54 bits per heavy atom. The predicted molar refractivity (Wildman–Crippen MR) is 234 cm³/mol. The molecular weight excluding hydrogens is 697 g/mol. The summed E-state index contributed by atoms with van der Waals surface area (Å²) in [5.41, 5.74) is 13.1. The number of benzene rings is 8. The summed E-state index contributed by atoms with van der Waals surface area (Å²) in [5, 5.41) is 6.72. The summed E-state index contributed by atoms with van der Waals surface area (Å²) >= 11 is 0. The average molecular weight is 729 g/mol. The van der Waals surface area contributed by atoms with E-state index >= 15 is 0 Å². The number of para-hydroxylation sites is 4. The number of nitrogens with zero attached hydrogens (tertiary/aromatic N) is 4. The predicted octanol–water partition coefficient (Wildman–Crippen LogP) is 13.6. The van der Waals surface area contributed by atoms with Gasteiger partial charge < -0.3 is 13.6 Å². The first kappa shape index (κ1) is 31.6. The van der Waals surface area contributed by atoms with E-state index < -0.39 is 0 Å². The minimum atomic E-state index is 0.688. The number of hydrogen-bond acceptors (Lipinski definition) is 3. The molecule has 0 N–H and O–H groups in total. The molecule has 0 saturated heterocycles. The van der Waals surface area contributed by atoms with Crippen LogP contribution in [0.2, 0.25) is 0 Å². The van der Waals surface area contributed by atoms with E-state index in [4.69, 9.17) is 14.4 Å². The lowest BCUT2D eigenvalue weighted by Gasteiger charge is -2.15. The second kappa shape index (κ2) is 12.4. The lowest BCUT2D eigenvalue weighted by atomic mass is 10.0. The maximum Gasteiger partial charge on any atom is 0.160 e.